The molecule has 0 aliphatic rings. The Morgan fingerprint density at radius 1 is 1.29 bits per heavy atom. The zero-order chi connectivity index (χ0) is 11.2. The van der Waals surface area contributed by atoms with E-state index in [0.29, 0.717) is 13.0 Å². The third-order valence-corrected chi connectivity index (χ3v) is 2.13. The lowest BCUT2D eigenvalue weighted by atomic mass is 10.1. The first-order valence-electron chi connectivity index (χ1n) is 4.95. The molecule has 0 heterocycles. The van der Waals surface area contributed by atoms with Crippen LogP contribution in [0.1, 0.15) is 33.6 Å². The third-order valence-electron chi connectivity index (χ3n) is 2.13. The summed E-state index contributed by atoms with van der Waals surface area (Å²) in [6.07, 6.45) is 0.847. The Labute approximate surface area is 85.5 Å². The molecular weight excluding hydrogens is 182 g/mol. The van der Waals surface area contributed by atoms with Crippen LogP contribution in [0.5, 0.6) is 0 Å². The molecule has 0 aliphatic heterocycles. The molecule has 0 aliphatic carbocycles. The SMILES string of the molecule is CC(C)(C)N(CCCO)CCC(=O)O. The minimum absolute atomic E-state index is 0.0371. The maximum absolute atomic E-state index is 10.4. The number of nitrogens with zero attached hydrogens (tertiary/aromatic N) is 1. The first-order valence-corrected chi connectivity index (χ1v) is 4.95. The van der Waals surface area contributed by atoms with Crippen molar-refractivity contribution in [1.82, 2.24) is 4.90 Å². The number of hydrogen-bond acceptors (Lipinski definition) is 3. The maximum atomic E-state index is 10.4. The molecule has 0 aromatic rings. The van der Waals surface area contributed by atoms with Crippen molar-refractivity contribution in [3.8, 4) is 0 Å². The predicted molar refractivity (Wildman–Crippen MR) is 55.3 cm³/mol. The van der Waals surface area contributed by atoms with E-state index >= 15 is 0 Å². The molecule has 0 fully saturated rings. The molecule has 0 radical (unpaired) electrons. The largest absolute Gasteiger partial charge is 0.481 e. The highest BCUT2D eigenvalue weighted by Gasteiger charge is 2.20. The van der Waals surface area contributed by atoms with Crippen LogP contribution in [0.15, 0.2) is 0 Å². The van der Waals surface area contributed by atoms with Crippen molar-refractivity contribution in [3.05, 3.63) is 0 Å². The summed E-state index contributed by atoms with van der Waals surface area (Å²) in [5.41, 5.74) is -0.0371. The lowest BCUT2D eigenvalue weighted by Crippen LogP contribution is -2.43. The molecule has 14 heavy (non-hydrogen) atoms. The van der Waals surface area contributed by atoms with Gasteiger partial charge in [0.25, 0.3) is 0 Å². The molecule has 4 nitrogen and oxygen atoms in total. The third kappa shape index (κ3) is 5.94. The topological polar surface area (TPSA) is 60.8 Å². The van der Waals surface area contributed by atoms with Crippen LogP contribution in [-0.4, -0.2) is 46.3 Å². The van der Waals surface area contributed by atoms with Gasteiger partial charge in [-0.05, 0) is 27.2 Å². The Balaban J connectivity index is 4.04. The average Bonchev–Trinajstić information content (AvgIpc) is 2.01. The van der Waals surface area contributed by atoms with Crippen LogP contribution in [-0.2, 0) is 4.79 Å². The quantitative estimate of drug-likeness (QED) is 0.674. The fourth-order valence-corrected chi connectivity index (χ4v) is 1.27. The number of carboxylic acid groups (broad SMARTS) is 1. The van der Waals surface area contributed by atoms with E-state index in [4.69, 9.17) is 10.2 Å². The smallest absolute Gasteiger partial charge is 0.304 e. The van der Waals surface area contributed by atoms with E-state index < -0.39 is 5.97 Å². The van der Waals surface area contributed by atoms with E-state index in [1.165, 1.54) is 0 Å². The van der Waals surface area contributed by atoms with E-state index in [-0.39, 0.29) is 18.6 Å². The lowest BCUT2D eigenvalue weighted by Gasteiger charge is -2.35. The first-order chi connectivity index (χ1) is 6.38. The summed E-state index contributed by atoms with van der Waals surface area (Å²) >= 11 is 0. The second-order valence-electron chi connectivity index (χ2n) is 4.38. The van der Waals surface area contributed by atoms with E-state index in [9.17, 15) is 4.79 Å². The molecule has 0 aromatic carbocycles. The van der Waals surface area contributed by atoms with Gasteiger partial charge in [0, 0.05) is 25.2 Å². The van der Waals surface area contributed by atoms with Crippen LogP contribution in [0.25, 0.3) is 0 Å². The van der Waals surface area contributed by atoms with Gasteiger partial charge in [-0.15, -0.1) is 0 Å². The number of rotatable bonds is 6. The number of aliphatic hydroxyl groups is 1. The molecule has 2 N–H and O–H groups in total. The summed E-state index contributed by atoms with van der Waals surface area (Å²) in [4.78, 5) is 12.5. The highest BCUT2D eigenvalue weighted by molar-refractivity contribution is 5.66. The van der Waals surface area contributed by atoms with Crippen LogP contribution in [0, 0.1) is 0 Å². The molecule has 84 valence electrons. The fourth-order valence-electron chi connectivity index (χ4n) is 1.27. The minimum atomic E-state index is -0.775. The molecule has 0 atom stereocenters. The molecule has 4 heteroatoms. The van der Waals surface area contributed by atoms with Crippen LogP contribution in [0.2, 0.25) is 0 Å². The van der Waals surface area contributed by atoms with Gasteiger partial charge in [0.05, 0.1) is 6.42 Å². The Hall–Kier alpha value is -0.610. The summed E-state index contributed by atoms with van der Waals surface area (Å²) in [6.45, 7) is 7.58. The zero-order valence-electron chi connectivity index (χ0n) is 9.29. The second-order valence-corrected chi connectivity index (χ2v) is 4.38. The van der Waals surface area contributed by atoms with Gasteiger partial charge >= 0.3 is 5.97 Å². The monoisotopic (exact) mass is 203 g/mol. The molecular formula is C10H21NO3. The number of aliphatic carboxylic acids is 1. The molecule has 0 aromatic heterocycles. The highest BCUT2D eigenvalue weighted by atomic mass is 16.4. The van der Waals surface area contributed by atoms with E-state index in [0.717, 1.165) is 6.54 Å². The molecule has 0 bridgehead atoms. The van der Waals surface area contributed by atoms with Crippen molar-refractivity contribution in [3.63, 3.8) is 0 Å². The number of aliphatic hydroxyl groups excluding tert-OH is 1. The van der Waals surface area contributed by atoms with Crippen molar-refractivity contribution in [2.45, 2.75) is 39.2 Å². The van der Waals surface area contributed by atoms with Gasteiger partial charge in [-0.1, -0.05) is 0 Å². The Morgan fingerprint density at radius 3 is 2.21 bits per heavy atom. The standard InChI is InChI=1S/C10H21NO3/c1-10(2,3)11(6-4-8-12)7-5-9(13)14/h12H,4-8H2,1-3H3,(H,13,14). The Kier molecular flexibility index (Phi) is 5.72. The molecule has 0 rings (SSSR count). The predicted octanol–water partition coefficient (Wildman–Crippen LogP) is 0.944. The van der Waals surface area contributed by atoms with Crippen LogP contribution in [0.4, 0.5) is 0 Å². The fraction of sp³-hybridized carbons (Fsp3) is 0.900. The number of carbonyl (C=O) groups is 1. The molecule has 0 saturated carbocycles. The van der Waals surface area contributed by atoms with Crippen molar-refractivity contribution in [2.75, 3.05) is 19.7 Å². The zero-order valence-corrected chi connectivity index (χ0v) is 9.29. The van der Waals surface area contributed by atoms with Gasteiger partial charge in [0.1, 0.15) is 0 Å². The summed E-state index contributed by atoms with van der Waals surface area (Å²) in [6, 6.07) is 0. The number of carboxylic acids is 1. The lowest BCUT2D eigenvalue weighted by molar-refractivity contribution is -0.137. The summed E-state index contributed by atoms with van der Waals surface area (Å²) in [7, 11) is 0. The molecule has 0 unspecified atom stereocenters. The van der Waals surface area contributed by atoms with E-state index in [2.05, 4.69) is 4.90 Å². The van der Waals surface area contributed by atoms with Crippen molar-refractivity contribution < 1.29 is 15.0 Å². The summed E-state index contributed by atoms with van der Waals surface area (Å²) in [5.74, 6) is -0.775. The average molecular weight is 203 g/mol. The Morgan fingerprint density at radius 2 is 1.86 bits per heavy atom. The van der Waals surface area contributed by atoms with E-state index in [1.807, 2.05) is 20.8 Å². The van der Waals surface area contributed by atoms with Crippen LogP contribution in [0.3, 0.4) is 0 Å². The maximum Gasteiger partial charge on any atom is 0.304 e. The van der Waals surface area contributed by atoms with Crippen molar-refractivity contribution >= 4 is 5.97 Å². The summed E-state index contributed by atoms with van der Waals surface area (Å²) < 4.78 is 0. The van der Waals surface area contributed by atoms with Gasteiger partial charge in [-0.2, -0.15) is 0 Å². The van der Waals surface area contributed by atoms with Gasteiger partial charge in [0.2, 0.25) is 0 Å². The van der Waals surface area contributed by atoms with Gasteiger partial charge in [0.15, 0.2) is 0 Å². The Bertz CT molecular complexity index is 175. The van der Waals surface area contributed by atoms with Crippen molar-refractivity contribution in [1.29, 1.82) is 0 Å². The van der Waals surface area contributed by atoms with Crippen molar-refractivity contribution in [2.24, 2.45) is 0 Å². The normalized spacial score (nSPS) is 12.1. The van der Waals surface area contributed by atoms with Gasteiger partial charge < -0.3 is 10.2 Å². The first kappa shape index (κ1) is 13.4. The van der Waals surface area contributed by atoms with Gasteiger partial charge in [-0.3, -0.25) is 9.69 Å². The van der Waals surface area contributed by atoms with Crippen LogP contribution >= 0.6 is 0 Å². The minimum Gasteiger partial charge on any atom is -0.481 e. The number of hydrogen-bond donors (Lipinski definition) is 2. The summed E-state index contributed by atoms with van der Waals surface area (Å²) in [5, 5.41) is 17.3. The van der Waals surface area contributed by atoms with Crippen LogP contribution < -0.4 is 0 Å². The molecule has 0 amide bonds. The second kappa shape index (κ2) is 5.98. The highest BCUT2D eigenvalue weighted by Crippen LogP contribution is 2.13. The molecule has 0 saturated heterocycles. The molecule has 0 spiro atoms. The van der Waals surface area contributed by atoms with E-state index in [1.54, 1.807) is 0 Å². The van der Waals surface area contributed by atoms with Gasteiger partial charge in [-0.25, -0.2) is 0 Å².